The SMILES string of the molecule is CC[C@@H](C)[C@H](OC(=O)[C@@H](Cc1ccc(OC)cc1)N(C)C)C(=O)NC(C(=O)N(C)[C@H](Cc1ccc(O)cc1)C(=O)N(C)[C@H](CCc1ccc(O)cc1)C(=O)OC)C(C)C. The Hall–Kier alpha value is -5.63. The molecule has 0 saturated heterocycles. The van der Waals surface area contributed by atoms with Crippen molar-refractivity contribution in [2.24, 2.45) is 11.8 Å². The Morgan fingerprint density at radius 3 is 1.63 bits per heavy atom. The Morgan fingerprint density at radius 2 is 1.15 bits per heavy atom. The van der Waals surface area contributed by atoms with Crippen LogP contribution >= 0.6 is 0 Å². The van der Waals surface area contributed by atoms with Crippen LogP contribution in [-0.2, 0) is 52.7 Å². The van der Waals surface area contributed by atoms with Gasteiger partial charge in [-0.2, -0.15) is 0 Å². The van der Waals surface area contributed by atoms with Gasteiger partial charge < -0.3 is 39.5 Å². The highest BCUT2D eigenvalue weighted by atomic mass is 16.6. The van der Waals surface area contributed by atoms with Crippen molar-refractivity contribution >= 4 is 29.7 Å². The molecule has 14 heteroatoms. The molecule has 0 aliphatic carbocycles. The first kappa shape index (κ1) is 47.7. The Bertz CT molecular complexity index is 1830. The lowest BCUT2D eigenvalue weighted by Gasteiger charge is -2.36. The molecule has 0 heterocycles. The number of ether oxygens (including phenoxy) is 3. The first-order valence-corrected chi connectivity index (χ1v) is 19.9. The average Bonchev–Trinajstić information content (AvgIpc) is 3.22. The van der Waals surface area contributed by atoms with Gasteiger partial charge in [0.1, 0.15) is 41.4 Å². The van der Waals surface area contributed by atoms with Crippen molar-refractivity contribution in [3.63, 3.8) is 0 Å². The number of phenolic OH excluding ortho intramolecular Hbond substituents is 2. The number of carbonyl (C=O) groups is 5. The van der Waals surface area contributed by atoms with Crippen molar-refractivity contribution in [1.82, 2.24) is 20.0 Å². The summed E-state index contributed by atoms with van der Waals surface area (Å²) in [4.78, 5) is 74.3. The third-order valence-electron chi connectivity index (χ3n) is 10.8. The lowest BCUT2D eigenvalue weighted by Crippen LogP contribution is -2.59. The van der Waals surface area contributed by atoms with Crippen LogP contribution < -0.4 is 10.1 Å². The molecule has 3 N–H and O–H groups in total. The maximum atomic E-state index is 14.5. The number of hydrogen-bond donors (Lipinski definition) is 3. The molecule has 0 bridgehead atoms. The van der Waals surface area contributed by atoms with E-state index in [1.165, 1.54) is 55.3 Å². The van der Waals surface area contributed by atoms with Crippen molar-refractivity contribution in [2.45, 2.75) is 90.1 Å². The Morgan fingerprint density at radius 1 is 0.661 bits per heavy atom. The zero-order valence-electron chi connectivity index (χ0n) is 36.0. The molecular weight excluding hydrogens is 757 g/mol. The number of benzene rings is 3. The lowest BCUT2D eigenvalue weighted by atomic mass is 9.96. The monoisotopic (exact) mass is 818 g/mol. The van der Waals surface area contributed by atoms with Crippen LogP contribution in [0.3, 0.4) is 0 Å². The Kier molecular flexibility index (Phi) is 18.2. The molecule has 322 valence electrons. The van der Waals surface area contributed by atoms with Crippen LogP contribution in [0.25, 0.3) is 0 Å². The summed E-state index contributed by atoms with van der Waals surface area (Å²) in [5, 5.41) is 22.5. The molecule has 59 heavy (non-hydrogen) atoms. The number of hydrogen-bond acceptors (Lipinski definition) is 11. The number of methoxy groups -OCH3 is 2. The number of rotatable bonds is 21. The van der Waals surface area contributed by atoms with E-state index in [0.717, 1.165) is 11.1 Å². The molecule has 0 radical (unpaired) electrons. The summed E-state index contributed by atoms with van der Waals surface area (Å²) in [6, 6.07) is 16.1. The minimum atomic E-state index is -1.22. The molecule has 0 fully saturated rings. The predicted molar refractivity (Wildman–Crippen MR) is 224 cm³/mol. The molecule has 0 aromatic heterocycles. The van der Waals surface area contributed by atoms with Crippen LogP contribution in [0.5, 0.6) is 17.2 Å². The van der Waals surface area contributed by atoms with Crippen molar-refractivity contribution in [3.05, 3.63) is 89.5 Å². The number of carbonyl (C=O) groups excluding carboxylic acids is 5. The fourth-order valence-electron chi connectivity index (χ4n) is 6.63. The van der Waals surface area contributed by atoms with Crippen LogP contribution in [0, 0.1) is 11.8 Å². The maximum absolute atomic E-state index is 14.5. The zero-order valence-corrected chi connectivity index (χ0v) is 36.0. The normalized spacial score (nSPS) is 14.3. The minimum Gasteiger partial charge on any atom is -0.508 e. The van der Waals surface area contributed by atoms with Gasteiger partial charge in [-0.3, -0.25) is 24.1 Å². The van der Waals surface area contributed by atoms with Crippen molar-refractivity contribution in [1.29, 1.82) is 0 Å². The van der Waals surface area contributed by atoms with Gasteiger partial charge in [-0.25, -0.2) is 4.79 Å². The molecule has 0 aliphatic rings. The van der Waals surface area contributed by atoms with Crippen molar-refractivity contribution in [3.8, 4) is 17.2 Å². The van der Waals surface area contributed by atoms with E-state index < -0.39 is 71.8 Å². The third-order valence-corrected chi connectivity index (χ3v) is 10.8. The number of nitrogens with zero attached hydrogens (tertiary/aromatic N) is 3. The summed E-state index contributed by atoms with van der Waals surface area (Å²) in [5.41, 5.74) is 2.33. The number of aryl methyl sites for hydroxylation is 1. The highest BCUT2D eigenvalue weighted by molar-refractivity contribution is 5.95. The number of likely N-dealkylation sites (N-methyl/N-ethyl adjacent to an activating group) is 3. The van der Waals surface area contributed by atoms with E-state index in [2.05, 4.69) is 5.32 Å². The van der Waals surface area contributed by atoms with Crippen LogP contribution in [0.15, 0.2) is 72.8 Å². The number of esters is 2. The molecule has 3 aromatic rings. The Balaban J connectivity index is 1.90. The van der Waals surface area contributed by atoms with Gasteiger partial charge in [-0.05, 0) is 98.8 Å². The lowest BCUT2D eigenvalue weighted by molar-refractivity contribution is -0.164. The van der Waals surface area contributed by atoms with E-state index in [1.807, 2.05) is 19.1 Å². The molecule has 14 nitrogen and oxygen atoms in total. The van der Waals surface area contributed by atoms with Gasteiger partial charge in [0.05, 0.1) is 14.2 Å². The second-order valence-electron chi connectivity index (χ2n) is 15.5. The van der Waals surface area contributed by atoms with Gasteiger partial charge in [0.25, 0.3) is 5.91 Å². The molecule has 3 rings (SSSR count). The quantitative estimate of drug-likeness (QED) is 0.130. The standard InChI is InChI=1S/C45H62N4O10/c1-11-29(4)40(59-45(56)38(47(5)6)27-32-16-23-35(57-9)24-17-32)41(52)46-39(28(2)3)43(54)49(8)37(26-31-14-21-34(51)22-15-31)42(53)48(7)36(44(55)58-10)25-18-30-12-19-33(50)20-13-30/h12-17,19-24,28-29,36-40,50-51H,11,18,25-27H2,1-10H3,(H,46,52)/t29-,36-,37-,38-,39?,40+/m1/s1. The summed E-state index contributed by atoms with van der Waals surface area (Å²) in [7, 11) is 9.27. The number of aromatic hydroxyl groups is 2. The maximum Gasteiger partial charge on any atom is 0.328 e. The summed E-state index contributed by atoms with van der Waals surface area (Å²) in [5.74, 6) is -3.06. The van der Waals surface area contributed by atoms with E-state index in [9.17, 15) is 34.2 Å². The van der Waals surface area contributed by atoms with Crippen LogP contribution in [0.4, 0.5) is 0 Å². The van der Waals surface area contributed by atoms with Gasteiger partial charge in [-0.15, -0.1) is 0 Å². The van der Waals surface area contributed by atoms with Crippen LogP contribution in [-0.4, -0.2) is 127 Å². The average molecular weight is 819 g/mol. The van der Waals surface area contributed by atoms with Crippen LogP contribution in [0.2, 0.25) is 0 Å². The first-order chi connectivity index (χ1) is 27.9. The Labute approximate surface area is 348 Å². The topological polar surface area (TPSA) is 175 Å². The minimum absolute atomic E-state index is 0.0174. The van der Waals surface area contributed by atoms with Crippen molar-refractivity contribution < 1.29 is 48.4 Å². The largest absolute Gasteiger partial charge is 0.508 e. The van der Waals surface area contributed by atoms with Crippen molar-refractivity contribution in [2.75, 3.05) is 42.4 Å². The predicted octanol–water partition coefficient (Wildman–Crippen LogP) is 4.38. The summed E-state index contributed by atoms with van der Waals surface area (Å²) in [6.45, 7) is 7.20. The third kappa shape index (κ3) is 13.5. The van der Waals surface area contributed by atoms with E-state index in [0.29, 0.717) is 30.6 Å². The smallest absolute Gasteiger partial charge is 0.328 e. The highest BCUT2D eigenvalue weighted by Crippen LogP contribution is 2.22. The molecule has 3 amide bonds. The van der Waals surface area contributed by atoms with Gasteiger partial charge in [0.15, 0.2) is 6.10 Å². The van der Waals surface area contributed by atoms with Gasteiger partial charge in [0, 0.05) is 26.4 Å². The molecule has 0 aliphatic heterocycles. The number of phenols is 2. The highest BCUT2D eigenvalue weighted by Gasteiger charge is 2.40. The fourth-order valence-corrected chi connectivity index (χ4v) is 6.63. The van der Waals surface area contributed by atoms with E-state index in [1.54, 1.807) is 83.3 Å². The first-order valence-electron chi connectivity index (χ1n) is 19.9. The second kappa shape index (κ2) is 22.5. The van der Waals surface area contributed by atoms with Gasteiger partial charge in [-0.1, -0.05) is 64.1 Å². The fraction of sp³-hybridized carbons (Fsp3) is 0.489. The van der Waals surface area contributed by atoms with Crippen LogP contribution in [0.1, 0.15) is 57.2 Å². The summed E-state index contributed by atoms with van der Waals surface area (Å²) >= 11 is 0. The zero-order chi connectivity index (χ0) is 44.0. The van der Waals surface area contributed by atoms with E-state index >= 15 is 0 Å². The molecule has 1 unspecified atom stereocenters. The number of amides is 3. The van der Waals surface area contributed by atoms with Gasteiger partial charge in [0.2, 0.25) is 11.8 Å². The van der Waals surface area contributed by atoms with E-state index in [4.69, 9.17) is 14.2 Å². The number of nitrogens with one attached hydrogen (secondary N) is 1. The second-order valence-corrected chi connectivity index (χ2v) is 15.5. The molecule has 6 atom stereocenters. The molecule has 0 spiro atoms. The van der Waals surface area contributed by atoms with Gasteiger partial charge >= 0.3 is 11.9 Å². The molecule has 3 aromatic carbocycles. The molecular formula is C45H62N4O10. The van der Waals surface area contributed by atoms with E-state index in [-0.39, 0.29) is 24.3 Å². The molecule has 0 saturated carbocycles. The summed E-state index contributed by atoms with van der Waals surface area (Å²) < 4.78 is 16.3. The summed E-state index contributed by atoms with van der Waals surface area (Å²) in [6.07, 6.45) is 0.193.